The number of halogens is 1. The highest BCUT2D eigenvalue weighted by Crippen LogP contribution is 2.25. The highest BCUT2D eigenvalue weighted by atomic mass is 35.5. The monoisotopic (exact) mass is 283 g/mol. The molecule has 1 N–H and O–H groups in total. The van der Waals surface area contributed by atoms with Crippen molar-refractivity contribution >= 4 is 11.6 Å². The van der Waals surface area contributed by atoms with Crippen LogP contribution in [0.15, 0.2) is 18.2 Å². The molecule has 0 saturated heterocycles. The van der Waals surface area contributed by atoms with E-state index in [1.54, 1.807) is 0 Å². The quantitative estimate of drug-likeness (QED) is 0.810. The van der Waals surface area contributed by atoms with Crippen molar-refractivity contribution in [1.29, 1.82) is 0 Å². The van der Waals surface area contributed by atoms with E-state index in [9.17, 15) is 0 Å². The van der Waals surface area contributed by atoms with Gasteiger partial charge < -0.3 is 10.1 Å². The van der Waals surface area contributed by atoms with Crippen LogP contribution in [0, 0.1) is 0 Å². The summed E-state index contributed by atoms with van der Waals surface area (Å²) in [5, 5.41) is 4.23. The van der Waals surface area contributed by atoms with E-state index in [1.807, 2.05) is 18.2 Å². The maximum Gasteiger partial charge on any atom is 0.124 e. The van der Waals surface area contributed by atoms with Crippen molar-refractivity contribution < 1.29 is 4.74 Å². The van der Waals surface area contributed by atoms with Gasteiger partial charge in [-0.3, -0.25) is 0 Å². The minimum atomic E-state index is 0.0779. The highest BCUT2D eigenvalue weighted by molar-refractivity contribution is 6.30. The number of hydrogen-bond donors (Lipinski definition) is 1. The van der Waals surface area contributed by atoms with E-state index in [4.69, 9.17) is 16.3 Å². The maximum absolute atomic E-state index is 6.09. The van der Waals surface area contributed by atoms with Crippen LogP contribution >= 0.6 is 11.6 Å². The molecule has 0 radical (unpaired) electrons. The normalized spacial score (nSPS) is 11.9. The number of hydrogen-bond acceptors (Lipinski definition) is 2. The molecule has 108 valence electrons. The van der Waals surface area contributed by atoms with Crippen LogP contribution in [0.3, 0.4) is 0 Å². The lowest BCUT2D eigenvalue weighted by molar-refractivity contribution is 0.190. The third kappa shape index (κ3) is 5.84. The van der Waals surface area contributed by atoms with Crippen molar-refractivity contribution in [3.63, 3.8) is 0 Å². The van der Waals surface area contributed by atoms with Crippen molar-refractivity contribution in [2.45, 2.75) is 65.6 Å². The summed E-state index contributed by atoms with van der Waals surface area (Å²) >= 11 is 6.09. The molecule has 2 nitrogen and oxygen atoms in total. The molecule has 3 heteroatoms. The molecule has 0 spiro atoms. The topological polar surface area (TPSA) is 21.3 Å². The Bertz CT molecular complexity index is 394. The van der Waals surface area contributed by atoms with Gasteiger partial charge in [0, 0.05) is 22.7 Å². The summed E-state index contributed by atoms with van der Waals surface area (Å²) in [4.78, 5) is 0. The van der Waals surface area contributed by atoms with Crippen LogP contribution in [0.1, 0.15) is 53.0 Å². The molecule has 1 aromatic carbocycles. The third-order valence-electron chi connectivity index (χ3n) is 3.04. The molecule has 0 amide bonds. The molecule has 0 saturated carbocycles. The Morgan fingerprint density at radius 1 is 1.21 bits per heavy atom. The molecule has 0 unspecified atom stereocenters. The lowest BCUT2D eigenvalue weighted by Crippen LogP contribution is -2.35. The fourth-order valence-corrected chi connectivity index (χ4v) is 1.99. The summed E-state index contributed by atoms with van der Waals surface area (Å²) in [7, 11) is 0. The molecular weight excluding hydrogens is 258 g/mol. The van der Waals surface area contributed by atoms with Crippen LogP contribution in [0.25, 0.3) is 0 Å². The standard InChI is InChI=1S/C16H26ClNO/c1-6-14(7-2)19-15-9-8-13(17)10-12(15)11-18-16(3,4)5/h8-10,14,18H,6-7,11H2,1-5H3. The van der Waals surface area contributed by atoms with Gasteiger partial charge in [0.2, 0.25) is 0 Å². The third-order valence-corrected chi connectivity index (χ3v) is 3.27. The van der Waals surface area contributed by atoms with E-state index in [1.165, 1.54) is 0 Å². The zero-order valence-corrected chi connectivity index (χ0v) is 13.5. The minimum absolute atomic E-state index is 0.0779. The summed E-state index contributed by atoms with van der Waals surface area (Å²) in [6.45, 7) is 11.5. The Hall–Kier alpha value is -0.730. The Kier molecular flexibility index (Phi) is 6.15. The van der Waals surface area contributed by atoms with Gasteiger partial charge in [-0.1, -0.05) is 25.4 Å². The first-order valence-corrected chi connectivity index (χ1v) is 7.43. The minimum Gasteiger partial charge on any atom is -0.490 e. The van der Waals surface area contributed by atoms with Crippen molar-refractivity contribution in [2.75, 3.05) is 0 Å². The van der Waals surface area contributed by atoms with Crippen LogP contribution in [-0.4, -0.2) is 11.6 Å². The SMILES string of the molecule is CCC(CC)Oc1ccc(Cl)cc1CNC(C)(C)C. The van der Waals surface area contributed by atoms with E-state index in [0.29, 0.717) is 0 Å². The van der Waals surface area contributed by atoms with Gasteiger partial charge in [-0.15, -0.1) is 0 Å². The molecule has 1 rings (SSSR count). The Labute approximate surface area is 122 Å². The molecule has 0 heterocycles. The smallest absolute Gasteiger partial charge is 0.124 e. The van der Waals surface area contributed by atoms with E-state index in [0.717, 1.165) is 35.7 Å². The van der Waals surface area contributed by atoms with Gasteiger partial charge in [0.05, 0.1) is 6.10 Å². The van der Waals surface area contributed by atoms with Gasteiger partial charge in [-0.05, 0) is 51.8 Å². The summed E-state index contributed by atoms with van der Waals surface area (Å²) in [6.07, 6.45) is 2.31. The Morgan fingerprint density at radius 3 is 2.37 bits per heavy atom. The van der Waals surface area contributed by atoms with Gasteiger partial charge in [0.25, 0.3) is 0 Å². The molecule has 0 aliphatic heterocycles. The van der Waals surface area contributed by atoms with Gasteiger partial charge in [-0.2, -0.15) is 0 Å². The lowest BCUT2D eigenvalue weighted by Gasteiger charge is -2.23. The number of ether oxygens (including phenoxy) is 1. The van der Waals surface area contributed by atoms with Crippen LogP contribution in [0.2, 0.25) is 5.02 Å². The van der Waals surface area contributed by atoms with Gasteiger partial charge in [0.15, 0.2) is 0 Å². The Balaban J connectivity index is 2.85. The average molecular weight is 284 g/mol. The molecule has 0 bridgehead atoms. The van der Waals surface area contributed by atoms with E-state index < -0.39 is 0 Å². The molecular formula is C16H26ClNO. The van der Waals surface area contributed by atoms with Crippen LogP contribution < -0.4 is 10.1 Å². The predicted octanol–water partition coefficient (Wildman–Crippen LogP) is 4.80. The summed E-state index contributed by atoms with van der Waals surface area (Å²) in [6, 6.07) is 5.85. The molecule has 19 heavy (non-hydrogen) atoms. The maximum atomic E-state index is 6.09. The zero-order chi connectivity index (χ0) is 14.5. The summed E-state index contributed by atoms with van der Waals surface area (Å²) in [5.41, 5.74) is 1.20. The first-order chi connectivity index (χ1) is 8.85. The van der Waals surface area contributed by atoms with Gasteiger partial charge in [0.1, 0.15) is 5.75 Å². The van der Waals surface area contributed by atoms with E-state index >= 15 is 0 Å². The number of rotatable bonds is 6. The second kappa shape index (κ2) is 7.16. The van der Waals surface area contributed by atoms with Crippen LogP contribution in [0.5, 0.6) is 5.75 Å². The van der Waals surface area contributed by atoms with Crippen molar-refractivity contribution in [1.82, 2.24) is 5.32 Å². The van der Waals surface area contributed by atoms with Gasteiger partial charge in [-0.25, -0.2) is 0 Å². The second-order valence-electron chi connectivity index (χ2n) is 5.91. The van der Waals surface area contributed by atoms with Crippen molar-refractivity contribution in [3.05, 3.63) is 28.8 Å². The van der Waals surface area contributed by atoms with Crippen molar-refractivity contribution in [2.24, 2.45) is 0 Å². The van der Waals surface area contributed by atoms with Crippen LogP contribution in [0.4, 0.5) is 0 Å². The first kappa shape index (κ1) is 16.3. The molecule has 1 aromatic rings. The van der Waals surface area contributed by atoms with Crippen LogP contribution in [-0.2, 0) is 6.54 Å². The average Bonchev–Trinajstić information content (AvgIpc) is 2.34. The van der Waals surface area contributed by atoms with E-state index in [-0.39, 0.29) is 11.6 Å². The zero-order valence-electron chi connectivity index (χ0n) is 12.7. The highest BCUT2D eigenvalue weighted by Gasteiger charge is 2.13. The Morgan fingerprint density at radius 2 is 1.84 bits per heavy atom. The molecule has 0 atom stereocenters. The number of benzene rings is 1. The fraction of sp³-hybridized carbons (Fsp3) is 0.625. The van der Waals surface area contributed by atoms with Gasteiger partial charge >= 0.3 is 0 Å². The van der Waals surface area contributed by atoms with E-state index in [2.05, 4.69) is 39.9 Å². The molecule has 0 fully saturated rings. The predicted molar refractivity (Wildman–Crippen MR) is 83.0 cm³/mol. The largest absolute Gasteiger partial charge is 0.490 e. The first-order valence-electron chi connectivity index (χ1n) is 7.05. The number of nitrogens with one attached hydrogen (secondary N) is 1. The summed E-state index contributed by atoms with van der Waals surface area (Å²) < 4.78 is 6.07. The fourth-order valence-electron chi connectivity index (χ4n) is 1.80. The molecule has 0 aromatic heterocycles. The van der Waals surface area contributed by atoms with Crippen molar-refractivity contribution in [3.8, 4) is 5.75 Å². The summed E-state index contributed by atoms with van der Waals surface area (Å²) in [5.74, 6) is 0.940. The molecule has 0 aliphatic rings. The molecule has 0 aliphatic carbocycles. The second-order valence-corrected chi connectivity index (χ2v) is 6.35. The lowest BCUT2D eigenvalue weighted by atomic mass is 10.1.